The fraction of sp³-hybridized carbons (Fsp3) is 0.571. The highest BCUT2D eigenvalue weighted by molar-refractivity contribution is 5.80. The van der Waals surface area contributed by atoms with Gasteiger partial charge in [-0.15, -0.1) is 0 Å². The van der Waals surface area contributed by atoms with Crippen LogP contribution in [0.25, 0.3) is 0 Å². The Morgan fingerprint density at radius 1 is 1.60 bits per heavy atom. The molecule has 0 atom stereocenters. The third kappa shape index (κ3) is 15.7. The topological polar surface area (TPSA) is 52.3 Å². The Hall–Kier alpha value is -0.830. The molecule has 0 amide bonds. The van der Waals surface area contributed by atoms with Crippen LogP contribution in [-0.2, 0) is 9.63 Å². The zero-order chi connectivity index (χ0) is 8.41. The van der Waals surface area contributed by atoms with E-state index >= 15 is 0 Å². The van der Waals surface area contributed by atoms with E-state index in [1.165, 1.54) is 12.8 Å². The van der Waals surface area contributed by atoms with Gasteiger partial charge in [0, 0.05) is 6.08 Å². The molecule has 0 bridgehead atoms. The van der Waals surface area contributed by atoms with E-state index in [2.05, 4.69) is 31.2 Å². The predicted octanol–water partition coefficient (Wildman–Crippen LogP) is 1.40. The molecule has 60 valence electrons. The fourth-order valence-electron chi connectivity index (χ4n) is 0.0481. The monoisotopic (exact) mass is 145 g/mol. The Morgan fingerprint density at radius 3 is 2.00 bits per heavy atom. The molecule has 0 aliphatic carbocycles. The van der Waals surface area contributed by atoms with Crippen molar-refractivity contribution in [3.05, 3.63) is 12.7 Å². The van der Waals surface area contributed by atoms with Gasteiger partial charge in [-0.1, -0.05) is 33.3 Å². The van der Waals surface area contributed by atoms with E-state index in [1.54, 1.807) is 0 Å². The van der Waals surface area contributed by atoms with E-state index in [9.17, 15) is 4.79 Å². The molecule has 0 saturated carbocycles. The Labute approximate surface area is 61.8 Å². The number of hydrogen-bond donors (Lipinski definition) is 1. The van der Waals surface area contributed by atoms with E-state index in [1.807, 2.05) is 0 Å². The van der Waals surface area contributed by atoms with Gasteiger partial charge < -0.3 is 4.84 Å². The van der Waals surface area contributed by atoms with Gasteiger partial charge in [0.15, 0.2) is 0 Å². The van der Waals surface area contributed by atoms with Crippen LogP contribution in [0.4, 0.5) is 0 Å². The lowest BCUT2D eigenvalue weighted by Crippen LogP contribution is -2.04. The summed E-state index contributed by atoms with van der Waals surface area (Å²) in [5, 5.41) is 0. The number of carbonyl (C=O) groups excluding carboxylic acids is 1. The molecule has 0 aromatic carbocycles. The highest BCUT2D eigenvalue weighted by Gasteiger charge is 1.83. The summed E-state index contributed by atoms with van der Waals surface area (Å²) >= 11 is 0. The summed E-state index contributed by atoms with van der Waals surface area (Å²) < 4.78 is 0. The van der Waals surface area contributed by atoms with Crippen molar-refractivity contribution in [1.82, 2.24) is 0 Å². The Bertz CT molecular complexity index is 89.6. The minimum atomic E-state index is -0.616. The second kappa shape index (κ2) is 11.0. The zero-order valence-electron chi connectivity index (χ0n) is 6.59. The summed E-state index contributed by atoms with van der Waals surface area (Å²) in [7, 11) is 0. The summed E-state index contributed by atoms with van der Waals surface area (Å²) in [5.41, 5.74) is 0. The van der Waals surface area contributed by atoms with Gasteiger partial charge in [-0.05, 0) is 0 Å². The zero-order valence-corrected chi connectivity index (χ0v) is 6.59. The third-order valence-electron chi connectivity index (χ3n) is 0.783. The number of nitrogens with two attached hydrogens (primary N) is 1. The number of carbonyl (C=O) groups is 1. The van der Waals surface area contributed by atoms with Crippen molar-refractivity contribution in [1.29, 1.82) is 0 Å². The summed E-state index contributed by atoms with van der Waals surface area (Å²) in [6.45, 7) is 7.44. The first-order valence-corrected chi connectivity index (χ1v) is 3.26. The smallest absolute Gasteiger partial charge is 0.348 e. The van der Waals surface area contributed by atoms with Gasteiger partial charge in [-0.3, -0.25) is 0 Å². The minimum absolute atomic E-state index is 0.616. The molecule has 0 unspecified atom stereocenters. The van der Waals surface area contributed by atoms with E-state index < -0.39 is 5.97 Å². The molecule has 2 N–H and O–H groups in total. The van der Waals surface area contributed by atoms with Gasteiger partial charge in [0.2, 0.25) is 0 Å². The molecule has 0 aromatic rings. The molecule has 0 aromatic heterocycles. The molecule has 3 nitrogen and oxygen atoms in total. The maximum atomic E-state index is 9.72. The molecular formula is C7H15NO2. The van der Waals surface area contributed by atoms with E-state index in [0.29, 0.717) is 0 Å². The van der Waals surface area contributed by atoms with Crippen molar-refractivity contribution >= 4 is 5.97 Å². The molecule has 3 heteroatoms. The van der Waals surface area contributed by atoms with E-state index in [0.717, 1.165) is 6.08 Å². The van der Waals surface area contributed by atoms with E-state index in [4.69, 9.17) is 0 Å². The molecule has 0 rings (SSSR count). The van der Waals surface area contributed by atoms with Crippen LogP contribution >= 0.6 is 0 Å². The molecule has 0 fully saturated rings. The molecule has 0 aliphatic rings. The van der Waals surface area contributed by atoms with Crippen LogP contribution in [0.3, 0.4) is 0 Å². The van der Waals surface area contributed by atoms with Crippen LogP contribution in [0.5, 0.6) is 0 Å². The summed E-state index contributed by atoms with van der Waals surface area (Å²) in [6.07, 6.45) is 3.62. The first-order valence-electron chi connectivity index (χ1n) is 3.26. The molecule has 0 saturated heterocycles. The van der Waals surface area contributed by atoms with Crippen molar-refractivity contribution in [2.24, 2.45) is 5.90 Å². The molecule has 0 spiro atoms. The second-order valence-electron chi connectivity index (χ2n) is 1.64. The van der Waals surface area contributed by atoms with E-state index in [-0.39, 0.29) is 0 Å². The predicted molar refractivity (Wildman–Crippen MR) is 41.1 cm³/mol. The summed E-state index contributed by atoms with van der Waals surface area (Å²) in [5.74, 6) is 3.75. The van der Waals surface area contributed by atoms with Crippen molar-refractivity contribution in [2.75, 3.05) is 0 Å². The summed E-state index contributed by atoms with van der Waals surface area (Å²) in [6, 6.07) is 0. The highest BCUT2D eigenvalue weighted by Crippen LogP contribution is 1.76. The van der Waals surface area contributed by atoms with Crippen LogP contribution in [0.1, 0.15) is 26.7 Å². The fourth-order valence-corrected chi connectivity index (χ4v) is 0.0481. The van der Waals surface area contributed by atoms with Gasteiger partial charge >= 0.3 is 5.97 Å². The highest BCUT2D eigenvalue weighted by atomic mass is 16.7. The van der Waals surface area contributed by atoms with Crippen LogP contribution in [-0.4, -0.2) is 5.97 Å². The normalized spacial score (nSPS) is 7.10. The largest absolute Gasteiger partial charge is 0.370 e. The number of unbranched alkanes of at least 4 members (excludes halogenated alkanes) is 1. The van der Waals surface area contributed by atoms with Crippen molar-refractivity contribution in [3.63, 3.8) is 0 Å². The average molecular weight is 145 g/mol. The number of hydrogen-bond acceptors (Lipinski definition) is 3. The molecular weight excluding hydrogens is 130 g/mol. The first-order chi connectivity index (χ1) is 4.72. The quantitative estimate of drug-likeness (QED) is 0.472. The lowest BCUT2D eigenvalue weighted by molar-refractivity contribution is -0.138. The van der Waals surface area contributed by atoms with Crippen LogP contribution in [0, 0.1) is 0 Å². The lowest BCUT2D eigenvalue weighted by Gasteiger charge is -1.81. The maximum Gasteiger partial charge on any atom is 0.348 e. The maximum absolute atomic E-state index is 9.72. The van der Waals surface area contributed by atoms with Crippen molar-refractivity contribution in [3.8, 4) is 0 Å². The van der Waals surface area contributed by atoms with Crippen molar-refractivity contribution in [2.45, 2.75) is 26.7 Å². The lowest BCUT2D eigenvalue weighted by atomic mass is 10.4. The summed E-state index contributed by atoms with van der Waals surface area (Å²) in [4.78, 5) is 13.4. The van der Waals surface area contributed by atoms with Gasteiger partial charge in [0.25, 0.3) is 0 Å². The first kappa shape index (κ1) is 11.9. The average Bonchev–Trinajstić information content (AvgIpc) is 2.03. The van der Waals surface area contributed by atoms with Crippen LogP contribution in [0.15, 0.2) is 12.7 Å². The molecule has 10 heavy (non-hydrogen) atoms. The van der Waals surface area contributed by atoms with Gasteiger partial charge in [-0.2, -0.15) is 5.90 Å². The van der Waals surface area contributed by atoms with Crippen molar-refractivity contribution < 1.29 is 9.63 Å². The number of rotatable bonds is 2. The van der Waals surface area contributed by atoms with Gasteiger partial charge in [0.05, 0.1) is 0 Å². The standard InChI is InChI=1S/C4H10.C3H5NO2/c1-3-4-2;1-2-3(5)6-4/h3-4H2,1-2H3;2H,1,4H2. The second-order valence-corrected chi connectivity index (χ2v) is 1.64. The van der Waals surface area contributed by atoms with Gasteiger partial charge in [-0.25, -0.2) is 4.79 Å². The molecule has 0 heterocycles. The Kier molecular flexibility index (Phi) is 13.1. The van der Waals surface area contributed by atoms with Gasteiger partial charge in [0.1, 0.15) is 0 Å². The SMILES string of the molecule is C=CC(=O)ON.CCCC. The van der Waals surface area contributed by atoms with Crippen LogP contribution < -0.4 is 5.90 Å². The third-order valence-corrected chi connectivity index (χ3v) is 0.783. The minimum Gasteiger partial charge on any atom is -0.370 e. The van der Waals surface area contributed by atoms with Crippen LogP contribution in [0.2, 0.25) is 0 Å². The Balaban J connectivity index is 0. The Morgan fingerprint density at radius 2 is 2.00 bits per heavy atom. The molecule has 0 radical (unpaired) electrons. The molecule has 0 aliphatic heterocycles.